The molecule has 0 radical (unpaired) electrons. The summed E-state index contributed by atoms with van der Waals surface area (Å²) >= 11 is 15.9. The number of alkyl halides is 3. The highest BCUT2D eigenvalue weighted by Gasteiger charge is 2.17. The van der Waals surface area contributed by atoms with E-state index in [-0.39, 0.29) is 8.46 Å². The van der Waals surface area contributed by atoms with Gasteiger partial charge in [-0.05, 0) is 0 Å². The largest absolute Gasteiger partial charge is 0.275 e. The first-order valence-corrected chi connectivity index (χ1v) is 4.05. The molecule has 0 amide bonds. The molecule has 0 spiro atoms. The third kappa shape index (κ3) is 6.97. The summed E-state index contributed by atoms with van der Waals surface area (Å²) in [7, 11) is 0.0266. The van der Waals surface area contributed by atoms with Crippen LogP contribution in [0.2, 0.25) is 0 Å². The zero-order valence-corrected chi connectivity index (χ0v) is 7.07. The molecule has 0 rings (SSSR count). The van der Waals surface area contributed by atoms with Crippen molar-refractivity contribution in [3.05, 3.63) is 0 Å². The third-order valence-corrected chi connectivity index (χ3v) is 1.46. The highest BCUT2D eigenvalue weighted by atomic mass is 35.6. The van der Waals surface area contributed by atoms with Crippen LogP contribution in [-0.4, -0.2) is 9.95 Å². The molecule has 0 fully saturated rings. The predicted molar refractivity (Wildman–Crippen MR) is 37.4 cm³/mol. The van der Waals surface area contributed by atoms with Gasteiger partial charge in [-0.3, -0.25) is 4.57 Å². The molecular formula is C3H4Cl3OP. The van der Waals surface area contributed by atoms with Crippen LogP contribution in [0, 0.1) is 0 Å². The monoisotopic (exact) mass is 192 g/mol. The minimum atomic E-state index is -1.24. The van der Waals surface area contributed by atoms with Gasteiger partial charge in [-0.1, -0.05) is 34.8 Å². The Hall–Kier alpha value is 0.970. The van der Waals surface area contributed by atoms with E-state index in [1.54, 1.807) is 0 Å². The SMILES string of the molecule is O=PCCC(Cl)(Cl)Cl. The van der Waals surface area contributed by atoms with E-state index in [1.807, 2.05) is 0 Å². The first-order valence-electron chi connectivity index (χ1n) is 1.92. The van der Waals surface area contributed by atoms with Gasteiger partial charge < -0.3 is 0 Å². The fraction of sp³-hybridized carbons (Fsp3) is 1.00. The fourth-order valence-electron chi connectivity index (χ4n) is 0.172. The van der Waals surface area contributed by atoms with Gasteiger partial charge in [0.15, 0.2) is 12.3 Å². The molecule has 0 atom stereocenters. The van der Waals surface area contributed by atoms with Crippen molar-refractivity contribution in [2.45, 2.75) is 10.2 Å². The van der Waals surface area contributed by atoms with E-state index in [0.717, 1.165) is 0 Å². The average Bonchev–Trinajstić information content (AvgIpc) is 1.59. The van der Waals surface area contributed by atoms with Gasteiger partial charge in [-0.2, -0.15) is 0 Å². The molecule has 48 valence electrons. The zero-order valence-electron chi connectivity index (χ0n) is 3.90. The molecule has 0 N–H and O–H groups in total. The Balaban J connectivity index is 3.24. The lowest BCUT2D eigenvalue weighted by Crippen LogP contribution is -2.01. The zero-order chi connectivity index (χ0) is 6.62. The van der Waals surface area contributed by atoms with Gasteiger partial charge >= 0.3 is 0 Å². The van der Waals surface area contributed by atoms with Crippen molar-refractivity contribution in [1.29, 1.82) is 0 Å². The van der Waals surface area contributed by atoms with Crippen molar-refractivity contribution in [1.82, 2.24) is 0 Å². The lowest BCUT2D eigenvalue weighted by molar-refractivity contribution is 0.597. The molecular weight excluding hydrogens is 189 g/mol. The highest BCUT2D eigenvalue weighted by Crippen LogP contribution is 2.30. The molecule has 1 nitrogen and oxygen atoms in total. The Morgan fingerprint density at radius 1 is 1.38 bits per heavy atom. The molecule has 0 aliphatic heterocycles. The van der Waals surface area contributed by atoms with E-state index in [0.29, 0.717) is 12.6 Å². The van der Waals surface area contributed by atoms with Gasteiger partial charge in [0.1, 0.15) is 0 Å². The standard InChI is InChI=1S/C3H4Cl3OP/c4-3(5,6)1-2-8-7/h1-2H2. The molecule has 0 saturated heterocycles. The Labute approximate surface area is 64.5 Å². The van der Waals surface area contributed by atoms with Crippen LogP contribution >= 0.6 is 43.3 Å². The Bertz CT molecular complexity index is 79.1. The fourth-order valence-corrected chi connectivity index (χ4v) is 1.28. The maximum absolute atomic E-state index is 9.77. The third-order valence-electron chi connectivity index (χ3n) is 0.487. The van der Waals surface area contributed by atoms with Gasteiger partial charge in [0.2, 0.25) is 0 Å². The van der Waals surface area contributed by atoms with Crippen molar-refractivity contribution in [3.8, 4) is 0 Å². The van der Waals surface area contributed by atoms with E-state index in [2.05, 4.69) is 0 Å². The van der Waals surface area contributed by atoms with E-state index < -0.39 is 3.79 Å². The second-order valence-electron chi connectivity index (χ2n) is 1.22. The molecule has 0 bridgehead atoms. The minimum Gasteiger partial charge on any atom is -0.275 e. The molecule has 0 heterocycles. The molecule has 0 aromatic heterocycles. The summed E-state index contributed by atoms with van der Waals surface area (Å²) in [5.74, 6) is 0. The summed E-state index contributed by atoms with van der Waals surface area (Å²) in [6.45, 7) is 0. The second kappa shape index (κ2) is 3.90. The van der Waals surface area contributed by atoms with Crippen molar-refractivity contribution in [2.75, 3.05) is 6.16 Å². The number of halogens is 3. The molecule has 0 aromatic rings. The number of hydrogen-bond acceptors (Lipinski definition) is 1. The van der Waals surface area contributed by atoms with Crippen LogP contribution in [0.1, 0.15) is 6.42 Å². The highest BCUT2D eigenvalue weighted by molar-refractivity contribution is 7.23. The molecule has 0 aliphatic carbocycles. The second-order valence-corrected chi connectivity index (χ2v) is 4.44. The molecule has 0 unspecified atom stereocenters. The summed E-state index contributed by atoms with van der Waals surface area (Å²) in [6, 6.07) is 0. The molecule has 0 aliphatic rings. The van der Waals surface area contributed by atoms with Crippen molar-refractivity contribution < 1.29 is 4.57 Å². The first-order chi connectivity index (χ1) is 3.56. The summed E-state index contributed by atoms with van der Waals surface area (Å²) in [5.41, 5.74) is 0. The summed E-state index contributed by atoms with van der Waals surface area (Å²) < 4.78 is 8.53. The Morgan fingerprint density at radius 3 is 2.00 bits per heavy atom. The summed E-state index contributed by atoms with van der Waals surface area (Å²) in [4.78, 5) is 0. The lowest BCUT2D eigenvalue weighted by atomic mass is 10.6. The molecule has 0 saturated carbocycles. The van der Waals surface area contributed by atoms with Crippen LogP contribution in [0.3, 0.4) is 0 Å². The van der Waals surface area contributed by atoms with E-state index in [1.165, 1.54) is 0 Å². The Kier molecular flexibility index (Phi) is 4.37. The van der Waals surface area contributed by atoms with Gasteiger partial charge in [-0.25, -0.2) is 0 Å². The van der Waals surface area contributed by atoms with Gasteiger partial charge in [0, 0.05) is 12.6 Å². The Morgan fingerprint density at radius 2 is 1.88 bits per heavy atom. The predicted octanol–water partition coefficient (Wildman–Crippen LogP) is 3.04. The maximum atomic E-state index is 9.77. The number of hydrogen-bond donors (Lipinski definition) is 0. The van der Waals surface area contributed by atoms with E-state index in [4.69, 9.17) is 34.8 Å². The topological polar surface area (TPSA) is 17.1 Å². The van der Waals surface area contributed by atoms with Crippen LogP contribution in [-0.2, 0) is 4.57 Å². The molecule has 0 aromatic carbocycles. The number of rotatable bonds is 2. The van der Waals surface area contributed by atoms with Crippen molar-refractivity contribution in [3.63, 3.8) is 0 Å². The molecule has 8 heavy (non-hydrogen) atoms. The van der Waals surface area contributed by atoms with E-state index >= 15 is 0 Å². The maximum Gasteiger partial charge on any atom is 0.191 e. The summed E-state index contributed by atoms with van der Waals surface area (Å²) in [5, 5.41) is 0. The van der Waals surface area contributed by atoms with Crippen LogP contribution in [0.4, 0.5) is 0 Å². The summed E-state index contributed by atoms with van der Waals surface area (Å²) in [6.07, 6.45) is 0.735. The lowest BCUT2D eigenvalue weighted by Gasteiger charge is -2.05. The van der Waals surface area contributed by atoms with Gasteiger partial charge in [0.25, 0.3) is 0 Å². The van der Waals surface area contributed by atoms with E-state index in [9.17, 15) is 4.57 Å². The van der Waals surface area contributed by atoms with Crippen LogP contribution < -0.4 is 0 Å². The van der Waals surface area contributed by atoms with Gasteiger partial charge in [0.05, 0.1) is 0 Å². The van der Waals surface area contributed by atoms with Crippen molar-refractivity contribution in [2.24, 2.45) is 0 Å². The van der Waals surface area contributed by atoms with Crippen molar-refractivity contribution >= 4 is 43.3 Å². The first kappa shape index (κ1) is 8.97. The van der Waals surface area contributed by atoms with Gasteiger partial charge in [-0.15, -0.1) is 0 Å². The van der Waals surface area contributed by atoms with Crippen LogP contribution in [0.15, 0.2) is 0 Å². The molecule has 5 heteroatoms. The quantitative estimate of drug-likeness (QED) is 0.487. The average molecular weight is 193 g/mol. The van der Waals surface area contributed by atoms with Crippen LogP contribution in [0.5, 0.6) is 0 Å². The minimum absolute atomic E-state index is 0.0266. The normalized spacial score (nSPS) is 12.4. The van der Waals surface area contributed by atoms with Crippen LogP contribution in [0.25, 0.3) is 0 Å². The smallest absolute Gasteiger partial charge is 0.191 e.